The summed E-state index contributed by atoms with van der Waals surface area (Å²) in [4.78, 5) is 0. The highest BCUT2D eigenvalue weighted by Gasteiger charge is 1.94. The molecule has 0 radical (unpaired) electrons. The first kappa shape index (κ1) is 12.5. The van der Waals surface area contributed by atoms with Crippen molar-refractivity contribution < 1.29 is 4.74 Å². The molecule has 0 saturated heterocycles. The third-order valence-electron chi connectivity index (χ3n) is 2.53. The predicted molar refractivity (Wildman–Crippen MR) is 74.5 cm³/mol. The SMILES string of the molecule is CCOc1ccc(CNNc2ccccc2)cc1. The summed E-state index contributed by atoms with van der Waals surface area (Å²) in [6.07, 6.45) is 0. The van der Waals surface area contributed by atoms with Gasteiger partial charge in [0.1, 0.15) is 5.75 Å². The quantitative estimate of drug-likeness (QED) is 0.763. The van der Waals surface area contributed by atoms with E-state index < -0.39 is 0 Å². The normalized spacial score (nSPS) is 10.1. The number of hydrogen-bond donors (Lipinski definition) is 2. The maximum atomic E-state index is 5.40. The number of nitrogens with one attached hydrogen (secondary N) is 2. The molecule has 94 valence electrons. The third-order valence-corrected chi connectivity index (χ3v) is 2.53. The minimum atomic E-state index is 0.702. The smallest absolute Gasteiger partial charge is 0.119 e. The average molecular weight is 242 g/mol. The molecule has 2 aromatic carbocycles. The molecule has 0 aliphatic heterocycles. The number of hydrogen-bond acceptors (Lipinski definition) is 3. The summed E-state index contributed by atoms with van der Waals surface area (Å²) in [7, 11) is 0. The Morgan fingerprint density at radius 3 is 2.33 bits per heavy atom. The molecule has 2 aromatic rings. The molecule has 2 N–H and O–H groups in total. The van der Waals surface area contributed by atoms with E-state index in [0.29, 0.717) is 6.61 Å². The maximum Gasteiger partial charge on any atom is 0.119 e. The Morgan fingerprint density at radius 2 is 1.67 bits per heavy atom. The van der Waals surface area contributed by atoms with Gasteiger partial charge in [-0.3, -0.25) is 0 Å². The van der Waals surface area contributed by atoms with E-state index in [1.807, 2.05) is 49.4 Å². The number of para-hydroxylation sites is 1. The molecule has 0 spiro atoms. The number of rotatable bonds is 6. The Bertz CT molecular complexity index is 454. The zero-order valence-corrected chi connectivity index (χ0v) is 10.5. The highest BCUT2D eigenvalue weighted by Crippen LogP contribution is 2.12. The van der Waals surface area contributed by atoms with Crippen molar-refractivity contribution >= 4 is 5.69 Å². The molecule has 0 amide bonds. The topological polar surface area (TPSA) is 33.3 Å². The summed E-state index contributed by atoms with van der Waals surface area (Å²) in [5.41, 5.74) is 8.60. The van der Waals surface area contributed by atoms with Crippen LogP contribution in [0.2, 0.25) is 0 Å². The van der Waals surface area contributed by atoms with Crippen molar-refractivity contribution in [3.05, 3.63) is 60.2 Å². The highest BCUT2D eigenvalue weighted by atomic mass is 16.5. The van der Waals surface area contributed by atoms with E-state index in [2.05, 4.69) is 23.0 Å². The van der Waals surface area contributed by atoms with Crippen molar-refractivity contribution in [1.82, 2.24) is 5.43 Å². The lowest BCUT2D eigenvalue weighted by Gasteiger charge is -2.09. The van der Waals surface area contributed by atoms with Gasteiger partial charge in [0.15, 0.2) is 0 Å². The van der Waals surface area contributed by atoms with Gasteiger partial charge in [0.2, 0.25) is 0 Å². The molecule has 0 aromatic heterocycles. The monoisotopic (exact) mass is 242 g/mol. The predicted octanol–water partition coefficient (Wildman–Crippen LogP) is 3.20. The first-order valence-electron chi connectivity index (χ1n) is 6.14. The third kappa shape index (κ3) is 3.79. The van der Waals surface area contributed by atoms with Gasteiger partial charge >= 0.3 is 0 Å². The van der Waals surface area contributed by atoms with Gasteiger partial charge in [-0.1, -0.05) is 30.3 Å². The van der Waals surface area contributed by atoms with Crippen molar-refractivity contribution in [3.63, 3.8) is 0 Å². The van der Waals surface area contributed by atoms with Crippen LogP contribution >= 0.6 is 0 Å². The molecule has 0 fully saturated rings. The van der Waals surface area contributed by atoms with Gasteiger partial charge in [-0.2, -0.15) is 0 Å². The van der Waals surface area contributed by atoms with Gasteiger partial charge in [-0.05, 0) is 36.8 Å². The Balaban J connectivity index is 1.80. The largest absolute Gasteiger partial charge is 0.494 e. The van der Waals surface area contributed by atoms with Crippen LogP contribution in [0.3, 0.4) is 0 Å². The summed E-state index contributed by atoms with van der Waals surface area (Å²) in [5.74, 6) is 0.914. The molecular weight excluding hydrogens is 224 g/mol. The van der Waals surface area contributed by atoms with Crippen LogP contribution < -0.4 is 15.6 Å². The van der Waals surface area contributed by atoms with Gasteiger partial charge in [-0.25, -0.2) is 5.43 Å². The molecular formula is C15H18N2O. The summed E-state index contributed by atoms with van der Waals surface area (Å²) in [6.45, 7) is 3.45. The molecule has 0 heterocycles. The molecule has 3 heteroatoms. The number of anilines is 1. The minimum Gasteiger partial charge on any atom is -0.494 e. The fourth-order valence-electron chi connectivity index (χ4n) is 1.64. The lowest BCUT2D eigenvalue weighted by atomic mass is 10.2. The van der Waals surface area contributed by atoms with Crippen LogP contribution in [-0.2, 0) is 6.54 Å². The van der Waals surface area contributed by atoms with Crippen LogP contribution in [0.25, 0.3) is 0 Å². The van der Waals surface area contributed by atoms with E-state index in [1.54, 1.807) is 0 Å². The van der Waals surface area contributed by atoms with E-state index in [1.165, 1.54) is 5.56 Å². The van der Waals surface area contributed by atoms with Gasteiger partial charge in [0, 0.05) is 12.2 Å². The van der Waals surface area contributed by atoms with Crippen LogP contribution in [0.5, 0.6) is 5.75 Å². The molecule has 0 aliphatic rings. The zero-order valence-electron chi connectivity index (χ0n) is 10.5. The summed E-state index contributed by atoms with van der Waals surface area (Å²) >= 11 is 0. The average Bonchev–Trinajstić information content (AvgIpc) is 2.42. The Kier molecular flexibility index (Phi) is 4.61. The summed E-state index contributed by atoms with van der Waals surface area (Å²) in [6, 6.07) is 18.1. The first-order chi connectivity index (χ1) is 8.88. The molecule has 18 heavy (non-hydrogen) atoms. The minimum absolute atomic E-state index is 0.702. The summed E-state index contributed by atoms with van der Waals surface area (Å²) < 4.78 is 5.40. The molecule has 0 atom stereocenters. The number of ether oxygens (including phenoxy) is 1. The van der Waals surface area contributed by atoms with Gasteiger partial charge in [0.05, 0.1) is 6.61 Å². The Hall–Kier alpha value is -2.00. The van der Waals surface area contributed by atoms with Gasteiger partial charge in [0.25, 0.3) is 0 Å². The van der Waals surface area contributed by atoms with Crippen molar-refractivity contribution in [2.75, 3.05) is 12.0 Å². The zero-order chi connectivity index (χ0) is 12.6. The molecule has 0 aliphatic carbocycles. The Morgan fingerprint density at radius 1 is 0.944 bits per heavy atom. The second-order valence-corrected chi connectivity index (χ2v) is 3.92. The maximum absolute atomic E-state index is 5.40. The van der Waals surface area contributed by atoms with Crippen LogP contribution in [0, 0.1) is 0 Å². The molecule has 0 saturated carbocycles. The van der Waals surface area contributed by atoms with Crippen LogP contribution in [0.4, 0.5) is 5.69 Å². The van der Waals surface area contributed by atoms with Crippen molar-refractivity contribution in [1.29, 1.82) is 0 Å². The number of benzene rings is 2. The Labute approximate surface area is 108 Å². The van der Waals surface area contributed by atoms with E-state index in [-0.39, 0.29) is 0 Å². The highest BCUT2D eigenvalue weighted by molar-refractivity contribution is 5.41. The van der Waals surface area contributed by atoms with E-state index in [9.17, 15) is 0 Å². The van der Waals surface area contributed by atoms with Crippen molar-refractivity contribution in [2.24, 2.45) is 0 Å². The van der Waals surface area contributed by atoms with Crippen LogP contribution in [0.1, 0.15) is 12.5 Å². The second kappa shape index (κ2) is 6.67. The van der Waals surface area contributed by atoms with E-state index >= 15 is 0 Å². The van der Waals surface area contributed by atoms with E-state index in [0.717, 1.165) is 18.0 Å². The lowest BCUT2D eigenvalue weighted by Crippen LogP contribution is -2.20. The first-order valence-corrected chi connectivity index (χ1v) is 6.14. The van der Waals surface area contributed by atoms with Crippen molar-refractivity contribution in [3.8, 4) is 5.75 Å². The van der Waals surface area contributed by atoms with Crippen molar-refractivity contribution in [2.45, 2.75) is 13.5 Å². The summed E-state index contributed by atoms with van der Waals surface area (Å²) in [5, 5.41) is 0. The molecule has 2 rings (SSSR count). The number of hydrazine groups is 1. The molecule has 0 unspecified atom stereocenters. The van der Waals surface area contributed by atoms with Crippen LogP contribution in [0.15, 0.2) is 54.6 Å². The standard InChI is InChI=1S/C15H18N2O/c1-2-18-15-10-8-13(9-11-15)12-16-17-14-6-4-3-5-7-14/h3-11,16-17H,2,12H2,1H3. The fraction of sp³-hybridized carbons (Fsp3) is 0.200. The van der Waals surface area contributed by atoms with Gasteiger partial charge in [-0.15, -0.1) is 0 Å². The molecule has 0 bridgehead atoms. The van der Waals surface area contributed by atoms with E-state index in [4.69, 9.17) is 4.74 Å². The van der Waals surface area contributed by atoms with Gasteiger partial charge < -0.3 is 10.2 Å². The molecule has 3 nitrogen and oxygen atoms in total. The van der Waals surface area contributed by atoms with Crippen LogP contribution in [-0.4, -0.2) is 6.61 Å². The second-order valence-electron chi connectivity index (χ2n) is 3.92. The lowest BCUT2D eigenvalue weighted by molar-refractivity contribution is 0.340. The fourth-order valence-corrected chi connectivity index (χ4v) is 1.64.